The molecule has 0 aliphatic heterocycles. The number of aromatic nitrogens is 9. The highest BCUT2D eigenvalue weighted by molar-refractivity contribution is 5.94. The van der Waals surface area contributed by atoms with E-state index in [-0.39, 0.29) is 11.4 Å². The first-order chi connectivity index (χ1) is 17.0. The number of nitrogens with one attached hydrogen (secondary N) is 3. The maximum atomic E-state index is 15.9. The molecule has 6 aromatic heterocycles. The maximum Gasteiger partial charge on any atom is 0.161 e. The number of rotatable bonds is 5. The summed E-state index contributed by atoms with van der Waals surface area (Å²) < 4.78 is 17.8. The molecular weight excluding hydrogens is 447 g/mol. The molecule has 0 aliphatic rings. The molecule has 0 saturated heterocycles. The molecule has 0 aromatic carbocycles. The SMILES string of the molecule is Cc1cn(-c2ccnc3[nH]c(-c4n[nH]c5ncc(-c6cncc(NC(C)C)c6)c(F)c45)nc23)cn1. The molecule has 10 nitrogen and oxygen atoms in total. The van der Waals surface area contributed by atoms with E-state index in [9.17, 15) is 0 Å². The zero-order chi connectivity index (χ0) is 24.1. The van der Waals surface area contributed by atoms with Gasteiger partial charge in [-0.15, -0.1) is 0 Å². The Balaban J connectivity index is 1.49. The topological polar surface area (TPSA) is 126 Å². The second-order valence-electron chi connectivity index (χ2n) is 8.58. The normalized spacial score (nSPS) is 11.7. The number of aryl methyl sites for hydroxylation is 1. The molecule has 11 heteroatoms. The lowest BCUT2D eigenvalue weighted by Crippen LogP contribution is -2.09. The number of fused-ring (bicyclic) bond motifs is 2. The minimum absolute atomic E-state index is 0.218. The van der Waals surface area contributed by atoms with E-state index in [1.807, 2.05) is 43.7 Å². The van der Waals surface area contributed by atoms with Gasteiger partial charge in [0.05, 0.1) is 28.8 Å². The summed E-state index contributed by atoms with van der Waals surface area (Å²) in [4.78, 5) is 25.2. The van der Waals surface area contributed by atoms with Crippen LogP contribution in [0.5, 0.6) is 0 Å². The van der Waals surface area contributed by atoms with Gasteiger partial charge in [0.25, 0.3) is 0 Å². The van der Waals surface area contributed by atoms with Gasteiger partial charge in [0, 0.05) is 48.2 Å². The summed E-state index contributed by atoms with van der Waals surface area (Å²) in [5.41, 5.74) is 5.24. The third-order valence-corrected chi connectivity index (χ3v) is 5.61. The zero-order valence-electron chi connectivity index (χ0n) is 19.2. The molecule has 6 aromatic rings. The average molecular weight is 469 g/mol. The Hall–Kier alpha value is -4.67. The summed E-state index contributed by atoms with van der Waals surface area (Å²) in [5.74, 6) is -0.0737. The molecule has 6 heterocycles. The van der Waals surface area contributed by atoms with Crippen LogP contribution in [0.15, 0.2) is 49.4 Å². The highest BCUT2D eigenvalue weighted by atomic mass is 19.1. The van der Waals surface area contributed by atoms with Gasteiger partial charge in [0.15, 0.2) is 17.1 Å². The van der Waals surface area contributed by atoms with Crippen molar-refractivity contribution in [3.63, 3.8) is 0 Å². The molecule has 0 saturated carbocycles. The molecule has 0 fully saturated rings. The number of anilines is 1. The van der Waals surface area contributed by atoms with Crippen LogP contribution >= 0.6 is 0 Å². The number of hydrogen-bond acceptors (Lipinski definition) is 7. The fourth-order valence-corrected chi connectivity index (χ4v) is 4.10. The third-order valence-electron chi connectivity index (χ3n) is 5.61. The fourth-order valence-electron chi connectivity index (χ4n) is 4.10. The van der Waals surface area contributed by atoms with Crippen LogP contribution in [-0.2, 0) is 0 Å². The minimum atomic E-state index is -0.457. The van der Waals surface area contributed by atoms with Gasteiger partial charge in [-0.25, -0.2) is 24.3 Å². The fraction of sp³-hybridized carbons (Fsp3) is 0.167. The van der Waals surface area contributed by atoms with Crippen LogP contribution in [0, 0.1) is 12.7 Å². The summed E-state index contributed by atoms with van der Waals surface area (Å²) in [7, 11) is 0. The van der Waals surface area contributed by atoms with Gasteiger partial charge in [0.2, 0.25) is 0 Å². The standard InChI is InChI=1S/C24H21FN10/c1-12(2)30-15-6-14(7-26-8-15)16-9-28-22-18(19(16)25)21(33-34-22)24-31-20-17(4-5-27-23(20)32-24)35-10-13(3)29-11-35/h4-12,30H,1-3H3,(H,27,31,32)(H,28,33,34). The van der Waals surface area contributed by atoms with Crippen molar-refractivity contribution in [1.29, 1.82) is 0 Å². The average Bonchev–Trinajstić information content (AvgIpc) is 3.56. The molecule has 0 amide bonds. The predicted molar refractivity (Wildman–Crippen MR) is 131 cm³/mol. The highest BCUT2D eigenvalue weighted by Crippen LogP contribution is 2.33. The van der Waals surface area contributed by atoms with Gasteiger partial charge >= 0.3 is 0 Å². The van der Waals surface area contributed by atoms with Crippen LogP contribution in [0.1, 0.15) is 19.5 Å². The van der Waals surface area contributed by atoms with Crippen molar-refractivity contribution in [2.45, 2.75) is 26.8 Å². The number of pyridine rings is 3. The van der Waals surface area contributed by atoms with Crippen LogP contribution in [0.2, 0.25) is 0 Å². The summed E-state index contributed by atoms with van der Waals surface area (Å²) >= 11 is 0. The van der Waals surface area contributed by atoms with E-state index in [2.05, 4.69) is 40.4 Å². The molecule has 0 bridgehead atoms. The quantitative estimate of drug-likeness (QED) is 0.342. The van der Waals surface area contributed by atoms with Crippen molar-refractivity contribution in [1.82, 2.24) is 44.7 Å². The van der Waals surface area contributed by atoms with Crippen molar-refractivity contribution in [3.05, 3.63) is 61.0 Å². The van der Waals surface area contributed by atoms with Crippen LogP contribution in [0.3, 0.4) is 0 Å². The van der Waals surface area contributed by atoms with Crippen LogP contribution in [0.25, 0.3) is 50.5 Å². The minimum Gasteiger partial charge on any atom is -0.382 e. The number of H-pyrrole nitrogens is 2. The maximum absolute atomic E-state index is 15.9. The van der Waals surface area contributed by atoms with Gasteiger partial charge in [-0.2, -0.15) is 5.10 Å². The Morgan fingerprint density at radius 3 is 2.77 bits per heavy atom. The Morgan fingerprint density at radius 2 is 1.97 bits per heavy atom. The summed E-state index contributed by atoms with van der Waals surface area (Å²) in [6, 6.07) is 3.92. The van der Waals surface area contributed by atoms with Gasteiger partial charge in [-0.05, 0) is 32.9 Å². The van der Waals surface area contributed by atoms with E-state index in [1.54, 1.807) is 24.9 Å². The molecule has 3 N–H and O–H groups in total. The third kappa shape index (κ3) is 3.57. The molecular formula is C24H21FN10. The van der Waals surface area contributed by atoms with Gasteiger partial charge in [-0.3, -0.25) is 10.1 Å². The summed E-state index contributed by atoms with van der Waals surface area (Å²) in [6.07, 6.45) is 10.1. The van der Waals surface area contributed by atoms with E-state index in [4.69, 9.17) is 4.98 Å². The number of hydrogen-bond donors (Lipinski definition) is 3. The lowest BCUT2D eigenvalue weighted by atomic mass is 10.1. The predicted octanol–water partition coefficient (Wildman–Crippen LogP) is 4.41. The van der Waals surface area contributed by atoms with E-state index in [1.165, 1.54) is 6.20 Å². The van der Waals surface area contributed by atoms with Gasteiger partial charge in [-0.1, -0.05) is 0 Å². The lowest BCUT2D eigenvalue weighted by molar-refractivity contribution is 0.642. The van der Waals surface area contributed by atoms with E-state index < -0.39 is 5.82 Å². The Morgan fingerprint density at radius 1 is 1.09 bits per heavy atom. The van der Waals surface area contributed by atoms with Crippen molar-refractivity contribution < 1.29 is 4.39 Å². The first-order valence-electron chi connectivity index (χ1n) is 11.1. The molecule has 0 aliphatic carbocycles. The highest BCUT2D eigenvalue weighted by Gasteiger charge is 2.21. The zero-order valence-corrected chi connectivity index (χ0v) is 19.2. The van der Waals surface area contributed by atoms with Crippen LogP contribution in [0.4, 0.5) is 10.1 Å². The largest absolute Gasteiger partial charge is 0.382 e. The first kappa shape index (κ1) is 20.9. The van der Waals surface area contributed by atoms with Crippen LogP contribution < -0.4 is 5.32 Å². The van der Waals surface area contributed by atoms with Gasteiger partial charge in [0.1, 0.15) is 17.0 Å². The van der Waals surface area contributed by atoms with Crippen molar-refractivity contribution in [2.75, 3.05) is 5.32 Å². The molecule has 0 unspecified atom stereocenters. The van der Waals surface area contributed by atoms with Crippen molar-refractivity contribution >= 4 is 27.9 Å². The summed E-state index contributed by atoms with van der Waals surface area (Å²) in [5, 5.41) is 10.7. The van der Waals surface area contributed by atoms with E-state index in [0.717, 1.165) is 17.1 Å². The lowest BCUT2D eigenvalue weighted by Gasteiger charge is -2.11. The Bertz CT molecular complexity index is 1690. The molecule has 0 spiro atoms. The molecule has 0 radical (unpaired) electrons. The van der Waals surface area contributed by atoms with Crippen molar-refractivity contribution in [2.24, 2.45) is 0 Å². The number of nitrogens with zero attached hydrogens (tertiary/aromatic N) is 7. The number of halogens is 1. The number of imidazole rings is 2. The first-order valence-corrected chi connectivity index (χ1v) is 11.1. The van der Waals surface area contributed by atoms with Crippen molar-refractivity contribution in [3.8, 4) is 28.3 Å². The van der Waals surface area contributed by atoms with Gasteiger partial charge < -0.3 is 14.9 Å². The Kier molecular flexibility index (Phi) is 4.76. The smallest absolute Gasteiger partial charge is 0.161 e. The molecule has 174 valence electrons. The number of aromatic amines is 2. The summed E-state index contributed by atoms with van der Waals surface area (Å²) in [6.45, 7) is 5.97. The molecule has 35 heavy (non-hydrogen) atoms. The second-order valence-corrected chi connectivity index (χ2v) is 8.58. The second kappa shape index (κ2) is 7.97. The molecule has 6 rings (SSSR count). The van der Waals surface area contributed by atoms with E-state index in [0.29, 0.717) is 39.5 Å². The Labute approximate surface area is 198 Å². The monoisotopic (exact) mass is 468 g/mol. The van der Waals surface area contributed by atoms with E-state index >= 15 is 4.39 Å². The van der Waals surface area contributed by atoms with Crippen LogP contribution in [-0.4, -0.2) is 50.7 Å². The molecule has 0 atom stereocenters.